The molecular formula is C17H19N3. The van der Waals surface area contributed by atoms with E-state index in [4.69, 9.17) is 5.73 Å². The first-order valence-corrected chi connectivity index (χ1v) is 7.03. The second-order valence-corrected chi connectivity index (χ2v) is 5.09. The molecule has 0 saturated carbocycles. The fourth-order valence-corrected chi connectivity index (χ4v) is 2.54. The summed E-state index contributed by atoms with van der Waals surface area (Å²) in [7, 11) is 0. The molecule has 102 valence electrons. The number of aryl methyl sites for hydroxylation is 1. The lowest BCUT2D eigenvalue weighted by atomic mass is 10.1. The van der Waals surface area contributed by atoms with Gasteiger partial charge in [-0.2, -0.15) is 0 Å². The summed E-state index contributed by atoms with van der Waals surface area (Å²) in [5, 5.41) is 1.29. The van der Waals surface area contributed by atoms with Gasteiger partial charge in [0, 0.05) is 30.7 Å². The Kier molecular flexibility index (Phi) is 3.79. The van der Waals surface area contributed by atoms with Crippen LogP contribution in [0.25, 0.3) is 10.9 Å². The predicted molar refractivity (Wildman–Crippen MR) is 82.7 cm³/mol. The number of pyridine rings is 1. The maximum Gasteiger partial charge on any atom is 0.0491 e. The summed E-state index contributed by atoms with van der Waals surface area (Å²) in [5.41, 5.74) is 9.42. The van der Waals surface area contributed by atoms with Gasteiger partial charge in [0.15, 0.2) is 0 Å². The molecule has 0 atom stereocenters. The van der Waals surface area contributed by atoms with Gasteiger partial charge in [0.1, 0.15) is 0 Å². The standard InChI is InChI=1S/C17H19N3/c18-8-1-3-14-5-6-17-16(11-14)7-10-20(17)13-15-4-2-9-19-12-15/h2,4-7,9-12H,1,3,8,13,18H2. The number of hydrogen-bond donors (Lipinski definition) is 1. The summed E-state index contributed by atoms with van der Waals surface area (Å²) >= 11 is 0. The summed E-state index contributed by atoms with van der Waals surface area (Å²) in [6.45, 7) is 1.61. The van der Waals surface area contributed by atoms with Crippen LogP contribution < -0.4 is 5.73 Å². The smallest absolute Gasteiger partial charge is 0.0491 e. The predicted octanol–water partition coefficient (Wildman–Crippen LogP) is 2.98. The van der Waals surface area contributed by atoms with E-state index in [-0.39, 0.29) is 0 Å². The van der Waals surface area contributed by atoms with Crippen molar-refractivity contribution in [2.45, 2.75) is 19.4 Å². The molecule has 0 fully saturated rings. The first-order chi connectivity index (χ1) is 9.86. The third-order valence-corrected chi connectivity index (χ3v) is 3.58. The number of benzene rings is 1. The molecule has 0 bridgehead atoms. The van der Waals surface area contributed by atoms with Gasteiger partial charge in [0.2, 0.25) is 0 Å². The van der Waals surface area contributed by atoms with Crippen LogP contribution in [0.2, 0.25) is 0 Å². The molecule has 2 heterocycles. The van der Waals surface area contributed by atoms with Crippen molar-refractivity contribution >= 4 is 10.9 Å². The zero-order valence-corrected chi connectivity index (χ0v) is 11.5. The van der Waals surface area contributed by atoms with E-state index in [9.17, 15) is 0 Å². The van der Waals surface area contributed by atoms with E-state index in [2.05, 4.69) is 46.1 Å². The lowest BCUT2D eigenvalue weighted by molar-refractivity contribution is 0.827. The Bertz CT molecular complexity index is 686. The molecule has 0 saturated heterocycles. The van der Waals surface area contributed by atoms with Gasteiger partial charge >= 0.3 is 0 Å². The summed E-state index contributed by atoms with van der Waals surface area (Å²) in [6.07, 6.45) is 7.97. The fourth-order valence-electron chi connectivity index (χ4n) is 2.54. The lowest BCUT2D eigenvalue weighted by Crippen LogP contribution is -2.00. The molecule has 0 unspecified atom stereocenters. The average molecular weight is 265 g/mol. The highest BCUT2D eigenvalue weighted by molar-refractivity contribution is 5.81. The SMILES string of the molecule is NCCCc1ccc2c(ccn2Cc2cccnc2)c1. The van der Waals surface area contributed by atoms with Crippen molar-refractivity contribution < 1.29 is 0 Å². The van der Waals surface area contributed by atoms with E-state index < -0.39 is 0 Å². The van der Waals surface area contributed by atoms with Gasteiger partial charge in [0.05, 0.1) is 0 Å². The van der Waals surface area contributed by atoms with E-state index in [0.717, 1.165) is 25.9 Å². The molecule has 0 radical (unpaired) electrons. The van der Waals surface area contributed by atoms with Crippen LogP contribution in [-0.2, 0) is 13.0 Å². The van der Waals surface area contributed by atoms with Crippen molar-refractivity contribution in [2.24, 2.45) is 5.73 Å². The van der Waals surface area contributed by atoms with Crippen LogP contribution in [0.4, 0.5) is 0 Å². The second kappa shape index (κ2) is 5.88. The Morgan fingerprint density at radius 2 is 2.05 bits per heavy atom. The van der Waals surface area contributed by atoms with Crippen LogP contribution >= 0.6 is 0 Å². The molecule has 0 spiro atoms. The largest absolute Gasteiger partial charge is 0.343 e. The first-order valence-electron chi connectivity index (χ1n) is 7.03. The fraction of sp³-hybridized carbons (Fsp3) is 0.235. The number of nitrogens with two attached hydrogens (primary N) is 1. The van der Waals surface area contributed by atoms with Crippen LogP contribution in [0.3, 0.4) is 0 Å². The zero-order chi connectivity index (χ0) is 13.8. The first kappa shape index (κ1) is 12.9. The molecule has 3 rings (SSSR count). The average Bonchev–Trinajstić information content (AvgIpc) is 2.89. The van der Waals surface area contributed by atoms with E-state index in [1.54, 1.807) is 6.20 Å². The highest BCUT2D eigenvalue weighted by Crippen LogP contribution is 2.19. The van der Waals surface area contributed by atoms with Gasteiger partial charge < -0.3 is 10.3 Å². The monoisotopic (exact) mass is 265 g/mol. The third kappa shape index (κ3) is 2.73. The van der Waals surface area contributed by atoms with Crippen molar-refractivity contribution in [3.8, 4) is 0 Å². The molecule has 1 aromatic carbocycles. The van der Waals surface area contributed by atoms with E-state index in [1.165, 1.54) is 22.0 Å². The summed E-state index contributed by atoms with van der Waals surface area (Å²) in [5.74, 6) is 0. The van der Waals surface area contributed by atoms with Crippen LogP contribution in [-0.4, -0.2) is 16.1 Å². The van der Waals surface area contributed by atoms with E-state index in [1.807, 2.05) is 12.3 Å². The molecular weight excluding hydrogens is 246 g/mol. The number of nitrogens with zero attached hydrogens (tertiary/aromatic N) is 2. The number of rotatable bonds is 5. The minimum absolute atomic E-state index is 0.750. The second-order valence-electron chi connectivity index (χ2n) is 5.09. The summed E-state index contributed by atoms with van der Waals surface area (Å²) < 4.78 is 2.26. The quantitative estimate of drug-likeness (QED) is 0.770. The Morgan fingerprint density at radius 3 is 2.85 bits per heavy atom. The Balaban J connectivity index is 1.86. The molecule has 0 aliphatic rings. The summed E-state index contributed by atoms with van der Waals surface area (Å²) in [6, 6.07) is 12.9. The lowest BCUT2D eigenvalue weighted by Gasteiger charge is -2.06. The highest BCUT2D eigenvalue weighted by atomic mass is 15.0. The molecule has 0 aliphatic heterocycles. The third-order valence-electron chi connectivity index (χ3n) is 3.58. The van der Waals surface area contributed by atoms with Crippen molar-refractivity contribution in [3.63, 3.8) is 0 Å². The highest BCUT2D eigenvalue weighted by Gasteiger charge is 2.03. The molecule has 2 N–H and O–H groups in total. The van der Waals surface area contributed by atoms with Crippen molar-refractivity contribution in [2.75, 3.05) is 6.54 Å². The van der Waals surface area contributed by atoms with Crippen LogP contribution in [0, 0.1) is 0 Å². The molecule has 3 heteroatoms. The Hall–Kier alpha value is -2.13. The zero-order valence-electron chi connectivity index (χ0n) is 11.5. The molecule has 3 nitrogen and oxygen atoms in total. The van der Waals surface area contributed by atoms with Crippen LogP contribution in [0.5, 0.6) is 0 Å². The van der Waals surface area contributed by atoms with Gasteiger partial charge in [-0.1, -0.05) is 12.1 Å². The van der Waals surface area contributed by atoms with Gasteiger partial charge in [0.25, 0.3) is 0 Å². The number of aromatic nitrogens is 2. The Morgan fingerprint density at radius 1 is 1.10 bits per heavy atom. The maximum absolute atomic E-state index is 5.57. The maximum atomic E-state index is 5.57. The Labute approximate surface area is 119 Å². The van der Waals surface area contributed by atoms with Gasteiger partial charge in [-0.25, -0.2) is 0 Å². The minimum Gasteiger partial charge on any atom is -0.343 e. The van der Waals surface area contributed by atoms with Crippen LogP contribution in [0.1, 0.15) is 17.5 Å². The molecule has 0 amide bonds. The van der Waals surface area contributed by atoms with Crippen LogP contribution in [0.15, 0.2) is 55.0 Å². The number of fused-ring (bicyclic) bond motifs is 1. The van der Waals surface area contributed by atoms with Gasteiger partial charge in [-0.3, -0.25) is 4.98 Å². The molecule has 3 aromatic rings. The normalized spacial score (nSPS) is 11.1. The summed E-state index contributed by atoms with van der Waals surface area (Å²) in [4.78, 5) is 4.17. The van der Waals surface area contributed by atoms with E-state index in [0.29, 0.717) is 0 Å². The minimum atomic E-state index is 0.750. The van der Waals surface area contributed by atoms with Gasteiger partial charge in [-0.05, 0) is 60.2 Å². The van der Waals surface area contributed by atoms with Gasteiger partial charge in [-0.15, -0.1) is 0 Å². The topological polar surface area (TPSA) is 43.8 Å². The van der Waals surface area contributed by atoms with Crippen molar-refractivity contribution in [1.29, 1.82) is 0 Å². The number of hydrogen-bond acceptors (Lipinski definition) is 2. The van der Waals surface area contributed by atoms with Crippen molar-refractivity contribution in [3.05, 3.63) is 66.1 Å². The van der Waals surface area contributed by atoms with E-state index >= 15 is 0 Å². The molecule has 20 heavy (non-hydrogen) atoms. The molecule has 0 aliphatic carbocycles. The van der Waals surface area contributed by atoms with Crippen molar-refractivity contribution in [1.82, 2.24) is 9.55 Å². The molecule has 2 aromatic heterocycles.